The van der Waals surface area contributed by atoms with Gasteiger partial charge in [-0.3, -0.25) is 0 Å². The van der Waals surface area contributed by atoms with Crippen LogP contribution in [0.1, 0.15) is 63.3 Å². The maximum Gasteiger partial charge on any atom is 0.0226 e. The zero-order valence-corrected chi connectivity index (χ0v) is 13.5. The van der Waals surface area contributed by atoms with Crippen LogP contribution in [0.25, 0.3) is 6.08 Å². The molecule has 1 aliphatic carbocycles. The minimum Gasteiger partial charge on any atom is -0.364 e. The van der Waals surface area contributed by atoms with E-state index < -0.39 is 0 Å². The SMILES string of the molecule is CCCCN(CCC)CCc1c[nH]c2c1C=C(C)CC2. The van der Waals surface area contributed by atoms with E-state index in [-0.39, 0.29) is 0 Å². The van der Waals surface area contributed by atoms with E-state index in [9.17, 15) is 0 Å². The van der Waals surface area contributed by atoms with Crippen LogP contribution in [0.4, 0.5) is 0 Å². The van der Waals surface area contributed by atoms with Crippen molar-refractivity contribution in [2.24, 2.45) is 0 Å². The summed E-state index contributed by atoms with van der Waals surface area (Å²) in [5.74, 6) is 0. The van der Waals surface area contributed by atoms with E-state index in [2.05, 4.69) is 42.9 Å². The van der Waals surface area contributed by atoms with E-state index in [4.69, 9.17) is 0 Å². The molecular formula is C18H30N2. The van der Waals surface area contributed by atoms with E-state index in [1.54, 1.807) is 0 Å². The van der Waals surface area contributed by atoms with Crippen LogP contribution in [0.2, 0.25) is 0 Å². The highest BCUT2D eigenvalue weighted by Gasteiger charge is 2.14. The van der Waals surface area contributed by atoms with Crippen LogP contribution in [-0.4, -0.2) is 29.5 Å². The average molecular weight is 274 g/mol. The number of H-pyrrole nitrogens is 1. The Morgan fingerprint density at radius 3 is 2.70 bits per heavy atom. The van der Waals surface area contributed by atoms with Gasteiger partial charge in [-0.2, -0.15) is 0 Å². The second-order valence-electron chi connectivity index (χ2n) is 6.14. The molecule has 0 aliphatic heterocycles. The molecule has 0 saturated carbocycles. The van der Waals surface area contributed by atoms with Crippen LogP contribution in [0, 0.1) is 0 Å². The summed E-state index contributed by atoms with van der Waals surface area (Å²) in [6, 6.07) is 0. The maximum absolute atomic E-state index is 3.48. The molecule has 0 spiro atoms. The Morgan fingerprint density at radius 2 is 1.95 bits per heavy atom. The Kier molecular flexibility index (Phi) is 5.90. The molecule has 1 aromatic heterocycles. The molecule has 0 radical (unpaired) electrons. The van der Waals surface area contributed by atoms with Crippen LogP contribution in [0.15, 0.2) is 11.8 Å². The zero-order valence-electron chi connectivity index (χ0n) is 13.5. The smallest absolute Gasteiger partial charge is 0.0226 e. The molecule has 112 valence electrons. The van der Waals surface area contributed by atoms with Gasteiger partial charge in [-0.15, -0.1) is 0 Å². The van der Waals surface area contributed by atoms with Crippen LogP contribution in [0.5, 0.6) is 0 Å². The molecule has 0 atom stereocenters. The van der Waals surface area contributed by atoms with Gasteiger partial charge in [-0.25, -0.2) is 0 Å². The molecule has 2 heteroatoms. The predicted molar refractivity (Wildman–Crippen MR) is 88.1 cm³/mol. The number of aromatic amines is 1. The van der Waals surface area contributed by atoms with E-state index >= 15 is 0 Å². The summed E-state index contributed by atoms with van der Waals surface area (Å²) in [5.41, 5.74) is 5.97. The minimum atomic E-state index is 1.18. The van der Waals surface area contributed by atoms with Gasteiger partial charge in [-0.05, 0) is 63.2 Å². The Morgan fingerprint density at radius 1 is 1.10 bits per heavy atom. The van der Waals surface area contributed by atoms with Gasteiger partial charge in [0, 0.05) is 18.4 Å². The lowest BCUT2D eigenvalue weighted by molar-refractivity contribution is 0.273. The van der Waals surface area contributed by atoms with Crippen molar-refractivity contribution in [2.45, 2.75) is 59.3 Å². The van der Waals surface area contributed by atoms with Crippen molar-refractivity contribution < 1.29 is 0 Å². The number of nitrogens with zero attached hydrogens (tertiary/aromatic N) is 1. The van der Waals surface area contributed by atoms with E-state index in [1.165, 1.54) is 80.6 Å². The fraction of sp³-hybridized carbons (Fsp3) is 0.667. The first-order valence-electron chi connectivity index (χ1n) is 8.33. The summed E-state index contributed by atoms with van der Waals surface area (Å²) >= 11 is 0. The molecule has 2 rings (SSSR count). The number of unbranched alkanes of at least 4 members (excludes halogenated alkanes) is 1. The summed E-state index contributed by atoms with van der Waals surface area (Å²) < 4.78 is 0. The van der Waals surface area contributed by atoms with Gasteiger partial charge in [0.25, 0.3) is 0 Å². The van der Waals surface area contributed by atoms with Gasteiger partial charge in [0.1, 0.15) is 0 Å². The van der Waals surface area contributed by atoms with Crippen LogP contribution >= 0.6 is 0 Å². The van der Waals surface area contributed by atoms with Gasteiger partial charge >= 0.3 is 0 Å². The molecular weight excluding hydrogens is 244 g/mol. The summed E-state index contributed by atoms with van der Waals surface area (Å²) in [4.78, 5) is 6.11. The fourth-order valence-corrected chi connectivity index (χ4v) is 3.07. The summed E-state index contributed by atoms with van der Waals surface area (Å²) in [6.07, 6.45) is 12.1. The molecule has 0 bridgehead atoms. The first-order chi connectivity index (χ1) is 9.74. The zero-order chi connectivity index (χ0) is 14.4. The summed E-state index contributed by atoms with van der Waals surface area (Å²) in [7, 11) is 0. The third kappa shape index (κ3) is 3.99. The van der Waals surface area contributed by atoms with Gasteiger partial charge in [0.05, 0.1) is 0 Å². The summed E-state index contributed by atoms with van der Waals surface area (Å²) in [5, 5.41) is 0. The number of fused-ring (bicyclic) bond motifs is 1. The first-order valence-corrected chi connectivity index (χ1v) is 8.33. The highest BCUT2D eigenvalue weighted by Crippen LogP contribution is 2.26. The average Bonchev–Trinajstić information content (AvgIpc) is 2.84. The molecule has 2 nitrogen and oxygen atoms in total. The largest absolute Gasteiger partial charge is 0.364 e. The lowest BCUT2D eigenvalue weighted by atomic mass is 9.95. The maximum atomic E-state index is 3.48. The molecule has 1 aliphatic rings. The molecule has 20 heavy (non-hydrogen) atoms. The van der Waals surface area contributed by atoms with Gasteiger partial charge in [-0.1, -0.05) is 31.9 Å². The van der Waals surface area contributed by atoms with E-state index in [0.717, 1.165) is 0 Å². The number of rotatable bonds is 8. The molecule has 0 aromatic carbocycles. The molecule has 0 fully saturated rings. The first kappa shape index (κ1) is 15.4. The third-order valence-corrected chi connectivity index (χ3v) is 4.32. The Bertz CT molecular complexity index is 442. The second-order valence-corrected chi connectivity index (χ2v) is 6.14. The number of allylic oxidation sites excluding steroid dienone is 1. The number of nitrogens with one attached hydrogen (secondary N) is 1. The highest BCUT2D eigenvalue weighted by atomic mass is 15.1. The minimum absolute atomic E-state index is 1.18. The number of aromatic nitrogens is 1. The molecule has 1 heterocycles. The van der Waals surface area contributed by atoms with Crippen LogP contribution in [-0.2, 0) is 12.8 Å². The van der Waals surface area contributed by atoms with E-state index in [0.29, 0.717) is 0 Å². The standard InChI is InChI=1S/C18H30N2/c1-4-6-11-20(10-5-2)12-9-16-14-19-18-8-7-15(3)13-17(16)18/h13-14,19H,4-12H2,1-3H3. The van der Waals surface area contributed by atoms with Crippen molar-refractivity contribution in [1.29, 1.82) is 0 Å². The van der Waals surface area contributed by atoms with E-state index in [1.807, 2.05) is 0 Å². The number of hydrogen-bond acceptors (Lipinski definition) is 1. The predicted octanol–water partition coefficient (Wildman–Crippen LogP) is 4.42. The monoisotopic (exact) mass is 274 g/mol. The number of hydrogen-bond donors (Lipinski definition) is 1. The highest BCUT2D eigenvalue weighted by molar-refractivity contribution is 5.61. The molecule has 0 amide bonds. The molecule has 1 aromatic rings. The Hall–Kier alpha value is -1.02. The van der Waals surface area contributed by atoms with Crippen LogP contribution in [0.3, 0.4) is 0 Å². The third-order valence-electron chi connectivity index (χ3n) is 4.32. The Balaban J connectivity index is 1.95. The lowest BCUT2D eigenvalue weighted by Crippen LogP contribution is -2.28. The van der Waals surface area contributed by atoms with Crippen molar-refractivity contribution in [3.05, 3.63) is 28.6 Å². The van der Waals surface area contributed by atoms with Crippen molar-refractivity contribution >= 4 is 6.08 Å². The quantitative estimate of drug-likeness (QED) is 0.743. The summed E-state index contributed by atoms with van der Waals surface area (Å²) in [6.45, 7) is 10.5. The van der Waals surface area contributed by atoms with Crippen molar-refractivity contribution in [2.75, 3.05) is 19.6 Å². The van der Waals surface area contributed by atoms with Crippen molar-refractivity contribution in [3.63, 3.8) is 0 Å². The van der Waals surface area contributed by atoms with Gasteiger partial charge in [0.15, 0.2) is 0 Å². The number of aryl methyl sites for hydroxylation is 1. The molecule has 0 unspecified atom stereocenters. The second kappa shape index (κ2) is 7.68. The molecule has 1 N–H and O–H groups in total. The van der Waals surface area contributed by atoms with Crippen molar-refractivity contribution in [1.82, 2.24) is 9.88 Å². The molecule has 0 saturated heterocycles. The topological polar surface area (TPSA) is 19.0 Å². The normalized spacial score (nSPS) is 14.5. The van der Waals surface area contributed by atoms with Gasteiger partial charge in [0.2, 0.25) is 0 Å². The van der Waals surface area contributed by atoms with Gasteiger partial charge < -0.3 is 9.88 Å². The Labute approximate surface area is 124 Å². The lowest BCUT2D eigenvalue weighted by Gasteiger charge is -2.21. The fourth-order valence-electron chi connectivity index (χ4n) is 3.07. The van der Waals surface area contributed by atoms with Crippen molar-refractivity contribution in [3.8, 4) is 0 Å². The van der Waals surface area contributed by atoms with Crippen LogP contribution < -0.4 is 0 Å².